The topological polar surface area (TPSA) is 102 Å². The number of hydrogen-bond donors (Lipinski definition) is 1. The van der Waals surface area contributed by atoms with Crippen molar-refractivity contribution >= 4 is 25.6 Å². The molecule has 5 rings (SSSR count). The minimum Gasteiger partial charge on any atom is -0.507 e. The van der Waals surface area contributed by atoms with Gasteiger partial charge in [-0.1, -0.05) is 58.4 Å². The Bertz CT molecular complexity index is 1370. The van der Waals surface area contributed by atoms with Gasteiger partial charge in [0.1, 0.15) is 11.3 Å². The molecule has 8 nitrogen and oxygen atoms in total. The van der Waals surface area contributed by atoms with Crippen molar-refractivity contribution < 1.29 is 28.4 Å². The summed E-state index contributed by atoms with van der Waals surface area (Å²) in [6.45, 7) is 12.8. The third kappa shape index (κ3) is 4.20. The van der Waals surface area contributed by atoms with E-state index in [4.69, 9.17) is 13.7 Å². The van der Waals surface area contributed by atoms with Crippen molar-refractivity contribution in [3.05, 3.63) is 52.3 Å². The highest BCUT2D eigenvalue weighted by molar-refractivity contribution is 6.74. The first-order chi connectivity index (χ1) is 18.8. The first kappa shape index (κ1) is 28.8. The Morgan fingerprint density at radius 2 is 1.88 bits per heavy atom. The van der Waals surface area contributed by atoms with Crippen molar-refractivity contribution in [2.45, 2.75) is 83.2 Å². The van der Waals surface area contributed by atoms with Crippen LogP contribution in [0.3, 0.4) is 0 Å². The summed E-state index contributed by atoms with van der Waals surface area (Å²) < 4.78 is 18.9. The summed E-state index contributed by atoms with van der Waals surface area (Å²) >= 11 is 0. The van der Waals surface area contributed by atoms with Gasteiger partial charge in [0.15, 0.2) is 19.7 Å². The number of nitrogens with zero attached hydrogens (tertiary/aromatic N) is 2. The molecule has 0 unspecified atom stereocenters. The van der Waals surface area contributed by atoms with E-state index in [0.29, 0.717) is 36.3 Å². The Balaban J connectivity index is 1.76. The normalized spacial score (nSPS) is 26.4. The number of unbranched alkanes of at least 4 members (excludes halogenated alkanes) is 1. The molecule has 1 fully saturated rings. The highest BCUT2D eigenvalue weighted by atomic mass is 28.4. The molecule has 3 aliphatic rings. The molecular formula is C31H42N2O6Si. The summed E-state index contributed by atoms with van der Waals surface area (Å²) in [6.07, 6.45) is 2.80. The first-order valence-electron chi connectivity index (χ1n) is 14.4. The van der Waals surface area contributed by atoms with Crippen LogP contribution in [0.4, 0.5) is 0 Å². The Hall–Kier alpha value is -2.75. The molecule has 0 amide bonds. The maximum Gasteiger partial charge on any atom is 0.265 e. The maximum atomic E-state index is 15.0. The van der Waals surface area contributed by atoms with Crippen molar-refractivity contribution in [1.82, 2.24) is 10.1 Å². The second-order valence-corrected chi connectivity index (χ2v) is 18.0. The number of carbonyl (C=O) groups excluding carboxylic acids is 2. The highest BCUT2D eigenvalue weighted by Crippen LogP contribution is 2.58. The Morgan fingerprint density at radius 1 is 1.18 bits per heavy atom. The average molecular weight is 567 g/mol. The van der Waals surface area contributed by atoms with Gasteiger partial charge in [-0.2, -0.15) is 0 Å². The quantitative estimate of drug-likeness (QED) is 0.242. The number of rotatable bonds is 7. The van der Waals surface area contributed by atoms with Crippen molar-refractivity contribution in [3.8, 4) is 5.88 Å². The fourth-order valence-corrected chi connectivity index (χ4v) is 7.84. The molecule has 1 heterocycles. The van der Waals surface area contributed by atoms with Crippen LogP contribution in [0.25, 0.3) is 5.76 Å². The van der Waals surface area contributed by atoms with Gasteiger partial charge in [-0.25, -0.2) is 0 Å². The number of ether oxygens (including phenoxy) is 1. The molecule has 1 saturated carbocycles. The standard InChI is InChI=1S/C31H42N2O6Si/c1-9-10-15-37-29-23-26(38-32-29)24(33(5)6)21-17-19-16-18-13-11-12-14-20(18)25(34)22(19)27(35)31(21,28(23)36)39-40(7,8)30(2,3)4/h11-14,19,21,24,34H,9-10,15-17H2,1-8H3/t19-,21-,24-,31-/m0/s1. The van der Waals surface area contributed by atoms with Gasteiger partial charge in [0, 0.05) is 17.1 Å². The van der Waals surface area contributed by atoms with Gasteiger partial charge in [0.2, 0.25) is 11.6 Å². The van der Waals surface area contributed by atoms with Crippen molar-refractivity contribution in [1.29, 1.82) is 0 Å². The Labute approximate surface area is 237 Å². The van der Waals surface area contributed by atoms with Crippen LogP contribution in [0, 0.1) is 11.8 Å². The lowest BCUT2D eigenvalue weighted by Gasteiger charge is -2.55. The number of carbonyl (C=O) groups is 2. The van der Waals surface area contributed by atoms with E-state index >= 15 is 0 Å². The number of aliphatic hydroxyl groups is 1. The van der Waals surface area contributed by atoms with E-state index < -0.39 is 37.4 Å². The molecule has 1 aromatic heterocycles. The molecule has 0 bridgehead atoms. The third-order valence-electron chi connectivity index (χ3n) is 9.46. The van der Waals surface area contributed by atoms with Crippen LogP contribution in [0.15, 0.2) is 34.4 Å². The predicted octanol–water partition coefficient (Wildman–Crippen LogP) is 6.14. The minimum atomic E-state index is -2.71. The number of aromatic nitrogens is 1. The number of aliphatic hydroxyl groups excluding tert-OH is 1. The molecule has 0 spiro atoms. The maximum absolute atomic E-state index is 15.0. The van der Waals surface area contributed by atoms with E-state index in [-0.39, 0.29) is 28.2 Å². The number of benzene rings is 1. The molecule has 3 aliphatic carbocycles. The molecule has 4 atom stereocenters. The lowest BCUT2D eigenvalue weighted by Crippen LogP contribution is -2.68. The van der Waals surface area contributed by atoms with Gasteiger partial charge in [-0.3, -0.25) is 14.5 Å². The van der Waals surface area contributed by atoms with Crippen molar-refractivity contribution in [2.75, 3.05) is 20.7 Å². The van der Waals surface area contributed by atoms with Crippen LogP contribution in [0.1, 0.15) is 80.2 Å². The molecule has 0 aliphatic heterocycles. The summed E-state index contributed by atoms with van der Waals surface area (Å²) in [5, 5.41) is 15.5. The molecule has 216 valence electrons. The molecule has 40 heavy (non-hydrogen) atoms. The third-order valence-corrected chi connectivity index (χ3v) is 13.9. The minimum absolute atomic E-state index is 0.0433. The number of fused-ring (bicyclic) bond motifs is 4. The SMILES string of the molecule is CCCCOc1noc2c1C(=O)[C@@]1(O[Si](C)(C)C(C)(C)C)C(=O)C3=C(O)c4ccccc4C[C@H]3C[C@H]1[C@@H]2N(C)C. The van der Waals surface area contributed by atoms with Crippen molar-refractivity contribution in [2.24, 2.45) is 11.8 Å². The van der Waals surface area contributed by atoms with Crippen LogP contribution in [0.5, 0.6) is 5.88 Å². The molecule has 9 heteroatoms. The molecular weight excluding hydrogens is 524 g/mol. The molecule has 1 aromatic carbocycles. The molecule has 2 aromatic rings. The molecule has 0 radical (unpaired) electrons. The van der Waals surface area contributed by atoms with E-state index in [9.17, 15) is 14.7 Å². The zero-order valence-corrected chi connectivity index (χ0v) is 26.0. The number of hydrogen-bond acceptors (Lipinski definition) is 8. The van der Waals surface area contributed by atoms with Crippen molar-refractivity contribution in [3.63, 3.8) is 0 Å². The predicted molar refractivity (Wildman–Crippen MR) is 155 cm³/mol. The van der Waals surface area contributed by atoms with Crippen LogP contribution in [0.2, 0.25) is 18.1 Å². The second kappa shape index (κ2) is 9.96. The highest BCUT2D eigenvalue weighted by Gasteiger charge is 2.68. The zero-order valence-electron chi connectivity index (χ0n) is 25.0. The number of Topliss-reactive ketones (excluding diaryl/α,β-unsaturated/α-hetero) is 2. The van der Waals surface area contributed by atoms with Crippen LogP contribution in [-0.2, 0) is 15.6 Å². The fraction of sp³-hybridized carbons (Fsp3) is 0.581. The lowest BCUT2D eigenvalue weighted by atomic mass is 9.57. The van der Waals surface area contributed by atoms with Gasteiger partial charge < -0.3 is 18.8 Å². The lowest BCUT2D eigenvalue weighted by molar-refractivity contribution is -0.140. The smallest absolute Gasteiger partial charge is 0.265 e. The van der Waals surface area contributed by atoms with Crippen LogP contribution >= 0.6 is 0 Å². The van der Waals surface area contributed by atoms with E-state index in [0.717, 1.165) is 18.4 Å². The average Bonchev–Trinajstić information content (AvgIpc) is 3.28. The largest absolute Gasteiger partial charge is 0.507 e. The summed E-state index contributed by atoms with van der Waals surface area (Å²) in [6, 6.07) is 7.17. The summed E-state index contributed by atoms with van der Waals surface area (Å²) in [5.41, 5.74) is 0.297. The molecule has 0 saturated heterocycles. The van der Waals surface area contributed by atoms with Gasteiger partial charge in [0.05, 0.1) is 12.6 Å². The van der Waals surface area contributed by atoms with Gasteiger partial charge in [0.25, 0.3) is 5.88 Å². The van der Waals surface area contributed by atoms with Gasteiger partial charge in [-0.15, -0.1) is 0 Å². The second-order valence-electron chi connectivity index (χ2n) is 13.3. The fourth-order valence-electron chi connectivity index (χ4n) is 6.39. The molecule has 1 N–H and O–H groups in total. The summed E-state index contributed by atoms with van der Waals surface area (Å²) in [4.78, 5) is 31.8. The van der Waals surface area contributed by atoms with Crippen LogP contribution < -0.4 is 4.74 Å². The zero-order chi connectivity index (χ0) is 29.2. The first-order valence-corrected chi connectivity index (χ1v) is 17.3. The Morgan fingerprint density at radius 3 is 2.52 bits per heavy atom. The van der Waals surface area contributed by atoms with Gasteiger partial charge >= 0.3 is 0 Å². The van der Waals surface area contributed by atoms with E-state index in [1.807, 2.05) is 43.3 Å². The summed E-state index contributed by atoms with van der Waals surface area (Å²) in [5.74, 6) is -1.20. The van der Waals surface area contributed by atoms with Gasteiger partial charge in [-0.05, 0) is 68.1 Å². The van der Waals surface area contributed by atoms with E-state index in [1.54, 1.807) is 0 Å². The Kier molecular flexibility index (Phi) is 7.16. The van der Waals surface area contributed by atoms with Crippen LogP contribution in [-0.4, -0.2) is 61.4 Å². The number of ketones is 2. The summed E-state index contributed by atoms with van der Waals surface area (Å²) in [7, 11) is 1.13. The van der Waals surface area contributed by atoms with E-state index in [2.05, 4.69) is 45.9 Å². The monoisotopic (exact) mass is 566 g/mol. The van der Waals surface area contributed by atoms with E-state index in [1.165, 1.54) is 0 Å².